The zero-order chi connectivity index (χ0) is 14.5. The summed E-state index contributed by atoms with van der Waals surface area (Å²) in [5, 5.41) is 0. The number of hydrogen-bond donors (Lipinski definition) is 0. The molecule has 1 rings (SSSR count). The standard InChI is InChI=1S/C16H26O4/c1-3-8-17-9-10-18-11-12-19-13-14-20-16-7-5-4-6-15(16)2/h4-7H,3,8-14H2,1-2H3. The fraction of sp³-hybridized carbons (Fsp3) is 0.625. The first-order valence-corrected chi connectivity index (χ1v) is 7.26. The first-order valence-electron chi connectivity index (χ1n) is 7.26. The molecule has 1 aromatic rings. The van der Waals surface area contributed by atoms with Gasteiger partial charge in [-0.25, -0.2) is 0 Å². The summed E-state index contributed by atoms with van der Waals surface area (Å²) in [6.45, 7) is 8.53. The smallest absolute Gasteiger partial charge is 0.122 e. The van der Waals surface area contributed by atoms with E-state index in [1.54, 1.807) is 0 Å². The van der Waals surface area contributed by atoms with Gasteiger partial charge in [0.15, 0.2) is 0 Å². The molecule has 4 heteroatoms. The van der Waals surface area contributed by atoms with Crippen LogP contribution in [0, 0.1) is 6.92 Å². The minimum Gasteiger partial charge on any atom is -0.491 e. The van der Waals surface area contributed by atoms with E-state index in [0.717, 1.165) is 24.3 Å². The summed E-state index contributed by atoms with van der Waals surface area (Å²) in [7, 11) is 0. The molecule has 0 aliphatic carbocycles. The third-order valence-corrected chi connectivity index (χ3v) is 2.67. The molecule has 0 N–H and O–H groups in total. The summed E-state index contributed by atoms with van der Waals surface area (Å²) in [4.78, 5) is 0. The van der Waals surface area contributed by atoms with Crippen molar-refractivity contribution in [2.24, 2.45) is 0 Å². The van der Waals surface area contributed by atoms with Crippen molar-refractivity contribution in [2.75, 3.05) is 46.2 Å². The van der Waals surface area contributed by atoms with Gasteiger partial charge in [-0.05, 0) is 25.0 Å². The van der Waals surface area contributed by atoms with E-state index in [0.29, 0.717) is 39.6 Å². The van der Waals surface area contributed by atoms with E-state index in [2.05, 4.69) is 6.92 Å². The molecular formula is C16H26O4. The van der Waals surface area contributed by atoms with E-state index >= 15 is 0 Å². The van der Waals surface area contributed by atoms with Crippen LogP contribution in [0.3, 0.4) is 0 Å². The topological polar surface area (TPSA) is 36.9 Å². The van der Waals surface area contributed by atoms with Crippen molar-refractivity contribution in [2.45, 2.75) is 20.3 Å². The Kier molecular flexibility index (Phi) is 9.92. The first-order chi connectivity index (χ1) is 9.84. The Morgan fingerprint density at radius 3 is 1.90 bits per heavy atom. The van der Waals surface area contributed by atoms with E-state index in [9.17, 15) is 0 Å². The average molecular weight is 282 g/mol. The van der Waals surface area contributed by atoms with Gasteiger partial charge in [-0.15, -0.1) is 0 Å². The Bertz CT molecular complexity index is 341. The number of aryl methyl sites for hydroxylation is 1. The van der Waals surface area contributed by atoms with Gasteiger partial charge < -0.3 is 18.9 Å². The molecule has 20 heavy (non-hydrogen) atoms. The molecular weight excluding hydrogens is 256 g/mol. The first kappa shape index (κ1) is 17.0. The molecule has 4 nitrogen and oxygen atoms in total. The zero-order valence-corrected chi connectivity index (χ0v) is 12.6. The van der Waals surface area contributed by atoms with Crippen molar-refractivity contribution in [3.8, 4) is 5.75 Å². The molecule has 0 saturated carbocycles. The lowest BCUT2D eigenvalue weighted by Gasteiger charge is -2.09. The molecule has 0 aromatic heterocycles. The summed E-state index contributed by atoms with van der Waals surface area (Å²) in [6, 6.07) is 7.97. The summed E-state index contributed by atoms with van der Waals surface area (Å²) >= 11 is 0. The maximum Gasteiger partial charge on any atom is 0.122 e. The van der Waals surface area contributed by atoms with Crippen molar-refractivity contribution >= 4 is 0 Å². The van der Waals surface area contributed by atoms with E-state index in [1.807, 2.05) is 31.2 Å². The number of hydrogen-bond acceptors (Lipinski definition) is 4. The highest BCUT2D eigenvalue weighted by molar-refractivity contribution is 5.31. The molecule has 0 saturated heterocycles. The van der Waals surface area contributed by atoms with Crippen molar-refractivity contribution in [1.82, 2.24) is 0 Å². The van der Waals surface area contributed by atoms with E-state index < -0.39 is 0 Å². The van der Waals surface area contributed by atoms with Gasteiger partial charge in [0.1, 0.15) is 12.4 Å². The van der Waals surface area contributed by atoms with E-state index in [4.69, 9.17) is 18.9 Å². The van der Waals surface area contributed by atoms with Crippen LogP contribution in [-0.2, 0) is 14.2 Å². The summed E-state index contributed by atoms with van der Waals surface area (Å²) in [5.41, 5.74) is 1.14. The molecule has 0 aliphatic heterocycles. The summed E-state index contributed by atoms with van der Waals surface area (Å²) in [6.07, 6.45) is 1.05. The van der Waals surface area contributed by atoms with Gasteiger partial charge in [0.05, 0.1) is 33.0 Å². The van der Waals surface area contributed by atoms with Crippen LogP contribution in [0.2, 0.25) is 0 Å². The van der Waals surface area contributed by atoms with Crippen molar-refractivity contribution in [3.05, 3.63) is 29.8 Å². The Morgan fingerprint density at radius 1 is 0.750 bits per heavy atom. The quantitative estimate of drug-likeness (QED) is 0.552. The molecule has 1 aromatic carbocycles. The van der Waals surface area contributed by atoms with Crippen LogP contribution in [0.1, 0.15) is 18.9 Å². The number of rotatable bonds is 12. The Hall–Kier alpha value is -1.10. The highest BCUT2D eigenvalue weighted by Gasteiger charge is 1.97. The van der Waals surface area contributed by atoms with Crippen molar-refractivity contribution in [3.63, 3.8) is 0 Å². The molecule has 0 heterocycles. The molecule has 0 radical (unpaired) electrons. The van der Waals surface area contributed by atoms with E-state index in [1.165, 1.54) is 0 Å². The molecule has 0 spiro atoms. The predicted molar refractivity (Wildman–Crippen MR) is 79.4 cm³/mol. The number of benzene rings is 1. The Labute approximate surface area is 122 Å². The number of para-hydroxylation sites is 1. The van der Waals surface area contributed by atoms with Crippen LogP contribution in [0.15, 0.2) is 24.3 Å². The van der Waals surface area contributed by atoms with Crippen LogP contribution in [0.4, 0.5) is 0 Å². The third-order valence-electron chi connectivity index (χ3n) is 2.67. The largest absolute Gasteiger partial charge is 0.491 e. The molecule has 0 atom stereocenters. The second-order valence-electron chi connectivity index (χ2n) is 4.45. The lowest BCUT2D eigenvalue weighted by molar-refractivity contribution is 0.00942. The van der Waals surface area contributed by atoms with Crippen molar-refractivity contribution in [1.29, 1.82) is 0 Å². The Balaban J connectivity index is 1.87. The van der Waals surface area contributed by atoms with Gasteiger partial charge in [0.2, 0.25) is 0 Å². The predicted octanol–water partition coefficient (Wildman–Crippen LogP) is 2.83. The van der Waals surface area contributed by atoms with Gasteiger partial charge >= 0.3 is 0 Å². The van der Waals surface area contributed by atoms with Gasteiger partial charge in [-0.2, -0.15) is 0 Å². The van der Waals surface area contributed by atoms with Gasteiger partial charge in [-0.1, -0.05) is 25.1 Å². The molecule has 114 valence electrons. The molecule has 0 aliphatic rings. The normalized spacial score (nSPS) is 10.7. The van der Waals surface area contributed by atoms with Gasteiger partial charge in [-0.3, -0.25) is 0 Å². The lowest BCUT2D eigenvalue weighted by Crippen LogP contribution is -2.13. The van der Waals surface area contributed by atoms with Crippen LogP contribution < -0.4 is 4.74 Å². The third kappa shape index (κ3) is 8.15. The van der Waals surface area contributed by atoms with Crippen LogP contribution in [-0.4, -0.2) is 46.2 Å². The maximum atomic E-state index is 5.62. The highest BCUT2D eigenvalue weighted by Crippen LogP contribution is 2.15. The fourth-order valence-electron chi connectivity index (χ4n) is 1.62. The SMILES string of the molecule is CCCOCCOCCOCCOc1ccccc1C. The highest BCUT2D eigenvalue weighted by atomic mass is 16.6. The molecule has 0 unspecified atom stereocenters. The second kappa shape index (κ2) is 11.7. The van der Waals surface area contributed by atoms with Crippen LogP contribution in [0.5, 0.6) is 5.75 Å². The van der Waals surface area contributed by atoms with Crippen LogP contribution >= 0.6 is 0 Å². The minimum absolute atomic E-state index is 0.560. The summed E-state index contributed by atoms with van der Waals surface area (Å²) in [5.74, 6) is 0.917. The monoisotopic (exact) mass is 282 g/mol. The van der Waals surface area contributed by atoms with Crippen LogP contribution in [0.25, 0.3) is 0 Å². The minimum atomic E-state index is 0.560. The molecule has 0 bridgehead atoms. The maximum absolute atomic E-state index is 5.62. The van der Waals surface area contributed by atoms with Gasteiger partial charge in [0, 0.05) is 6.61 Å². The molecule has 0 amide bonds. The lowest BCUT2D eigenvalue weighted by atomic mass is 10.2. The fourth-order valence-corrected chi connectivity index (χ4v) is 1.62. The zero-order valence-electron chi connectivity index (χ0n) is 12.6. The second-order valence-corrected chi connectivity index (χ2v) is 4.45. The number of ether oxygens (including phenoxy) is 4. The summed E-state index contributed by atoms with van der Waals surface area (Å²) < 4.78 is 21.7. The molecule has 0 fully saturated rings. The van der Waals surface area contributed by atoms with Gasteiger partial charge in [0.25, 0.3) is 0 Å². The average Bonchev–Trinajstić information content (AvgIpc) is 2.46. The van der Waals surface area contributed by atoms with Crippen molar-refractivity contribution < 1.29 is 18.9 Å². The van der Waals surface area contributed by atoms with E-state index in [-0.39, 0.29) is 0 Å². The Morgan fingerprint density at radius 2 is 1.30 bits per heavy atom.